The van der Waals surface area contributed by atoms with Crippen molar-refractivity contribution >= 4 is 5.91 Å². The number of nitrogens with one attached hydrogen (secondary N) is 1. The maximum Gasteiger partial charge on any atom is 0.220 e. The Bertz CT molecular complexity index is 1470. The summed E-state index contributed by atoms with van der Waals surface area (Å²) in [5.41, 5.74) is 0. The summed E-state index contributed by atoms with van der Waals surface area (Å²) in [6.45, 7) is 3.49. The largest absolute Gasteiger partial charge is 0.394 e. The van der Waals surface area contributed by atoms with Crippen LogP contribution in [0.15, 0.2) is 134 Å². The second-order valence-electron chi connectivity index (χ2n) is 16.5. The number of hydrogen-bond donors (Lipinski definition) is 6. The molecule has 1 saturated heterocycles. The van der Waals surface area contributed by atoms with Gasteiger partial charge in [0.05, 0.1) is 25.4 Å². The van der Waals surface area contributed by atoms with Gasteiger partial charge in [-0.05, 0) is 96.3 Å². The van der Waals surface area contributed by atoms with Crippen molar-refractivity contribution in [2.24, 2.45) is 0 Å². The first-order valence-corrected chi connectivity index (χ1v) is 24.9. The number of unbranched alkanes of at least 4 members (excludes halogenated alkanes) is 9. The van der Waals surface area contributed by atoms with Crippen molar-refractivity contribution in [1.82, 2.24) is 5.32 Å². The Balaban J connectivity index is 2.16. The minimum absolute atomic E-state index is 0.211. The summed E-state index contributed by atoms with van der Waals surface area (Å²) in [6.07, 6.45) is 61.1. The fraction of sp³-hybridized carbons (Fsp3) is 0.589. The molecule has 0 saturated carbocycles. The number of amides is 1. The van der Waals surface area contributed by atoms with Gasteiger partial charge in [-0.3, -0.25) is 4.79 Å². The van der Waals surface area contributed by atoms with Crippen molar-refractivity contribution in [2.75, 3.05) is 13.2 Å². The molecule has 1 aliphatic rings. The lowest BCUT2D eigenvalue weighted by Crippen LogP contribution is -2.60. The van der Waals surface area contributed by atoms with Gasteiger partial charge in [-0.25, -0.2) is 0 Å². The third kappa shape index (κ3) is 34.3. The molecule has 0 spiro atoms. The zero-order chi connectivity index (χ0) is 47.3. The van der Waals surface area contributed by atoms with Crippen molar-refractivity contribution in [3.63, 3.8) is 0 Å². The Morgan fingerprint density at radius 3 is 1.46 bits per heavy atom. The van der Waals surface area contributed by atoms with Crippen LogP contribution in [0.4, 0.5) is 0 Å². The Labute approximate surface area is 394 Å². The van der Waals surface area contributed by atoms with Crippen LogP contribution in [0.2, 0.25) is 0 Å². The molecule has 9 nitrogen and oxygen atoms in total. The van der Waals surface area contributed by atoms with Gasteiger partial charge in [0.15, 0.2) is 6.29 Å². The summed E-state index contributed by atoms with van der Waals surface area (Å²) in [4.78, 5) is 12.9. The van der Waals surface area contributed by atoms with E-state index in [4.69, 9.17) is 9.47 Å². The van der Waals surface area contributed by atoms with E-state index >= 15 is 0 Å². The van der Waals surface area contributed by atoms with Crippen LogP contribution in [0.3, 0.4) is 0 Å². The Kier molecular flexibility index (Phi) is 40.3. The first kappa shape index (κ1) is 59.3. The molecule has 1 fully saturated rings. The number of hydrogen-bond acceptors (Lipinski definition) is 8. The van der Waals surface area contributed by atoms with Crippen molar-refractivity contribution in [3.8, 4) is 0 Å². The number of ether oxygens (including phenoxy) is 2. The van der Waals surface area contributed by atoms with Gasteiger partial charge in [0.2, 0.25) is 5.91 Å². The fourth-order valence-corrected chi connectivity index (χ4v) is 6.76. The maximum atomic E-state index is 12.9. The molecule has 366 valence electrons. The number of allylic oxidation sites excluding steroid dienone is 21. The molecule has 1 amide bonds. The number of aliphatic hydroxyl groups excluding tert-OH is 5. The summed E-state index contributed by atoms with van der Waals surface area (Å²) in [6, 6.07) is -0.834. The molecule has 7 unspecified atom stereocenters. The second kappa shape index (κ2) is 44.2. The molecule has 1 aliphatic heterocycles. The Morgan fingerprint density at radius 1 is 0.538 bits per heavy atom. The molecule has 0 radical (unpaired) electrons. The quantitative estimate of drug-likeness (QED) is 0.0264. The van der Waals surface area contributed by atoms with Crippen LogP contribution in [0.5, 0.6) is 0 Å². The van der Waals surface area contributed by atoms with Crippen molar-refractivity contribution in [2.45, 2.75) is 198 Å². The fourth-order valence-electron chi connectivity index (χ4n) is 6.76. The minimum Gasteiger partial charge on any atom is -0.394 e. The molecule has 0 aromatic heterocycles. The van der Waals surface area contributed by atoms with E-state index in [0.29, 0.717) is 6.42 Å². The van der Waals surface area contributed by atoms with Crippen LogP contribution in [0.1, 0.15) is 155 Å². The highest BCUT2D eigenvalue weighted by Crippen LogP contribution is 2.22. The lowest BCUT2D eigenvalue weighted by Gasteiger charge is -2.40. The Morgan fingerprint density at radius 2 is 0.969 bits per heavy atom. The molecule has 0 aliphatic carbocycles. The van der Waals surface area contributed by atoms with Crippen LogP contribution in [0, 0.1) is 0 Å². The standard InChI is InChI=1S/C56H89NO8/c1-3-5-7-9-11-12-13-14-15-16-17-18-19-20-21-22-23-24-25-26-27-28-29-30-31-32-33-34-35-36-37-38-40-42-44-46-52(60)57-49(50(59)45-43-41-39-10-8-6-4-2)48-64-56-55(63)54(62)53(61)51(47-58)65-56/h5,7-8,10-12,14-15,17-18,20-21,23-24,26-27,29-30,32-33,43,45,49-51,53-56,58-59,61-63H,3-4,6,9,13,16,19,22,25,28,31,34-42,44,46-48H2,1-2H3,(H,57,60)/b7-5-,10-8+,12-11-,15-14-,18-17-,21-20-,24-23-,27-26-,30-29-,33-32-,45-43+. The number of rotatable bonds is 39. The van der Waals surface area contributed by atoms with Crippen LogP contribution in [-0.4, -0.2) is 87.5 Å². The van der Waals surface area contributed by atoms with E-state index < -0.39 is 49.5 Å². The lowest BCUT2D eigenvalue weighted by molar-refractivity contribution is -0.302. The van der Waals surface area contributed by atoms with E-state index in [0.717, 1.165) is 116 Å². The SMILES string of the molecule is CC/C=C\C/C=C\C/C=C\C/C=C\C/C=C\C/C=C\C/C=C\C/C=C\C/C=C\CCCCCCCCCC(=O)NC(COC1OC(CO)C(O)C(O)C1O)C(O)/C=C/CC/C=C/CCC. The average Bonchev–Trinajstić information content (AvgIpc) is 3.31. The van der Waals surface area contributed by atoms with Gasteiger partial charge in [-0.1, -0.05) is 186 Å². The van der Waals surface area contributed by atoms with Gasteiger partial charge >= 0.3 is 0 Å². The molecule has 1 heterocycles. The topological polar surface area (TPSA) is 149 Å². The summed E-state index contributed by atoms with van der Waals surface area (Å²) in [7, 11) is 0. The first-order valence-electron chi connectivity index (χ1n) is 24.9. The highest BCUT2D eigenvalue weighted by molar-refractivity contribution is 5.76. The third-order valence-electron chi connectivity index (χ3n) is 10.7. The van der Waals surface area contributed by atoms with Crippen LogP contribution in [0.25, 0.3) is 0 Å². The van der Waals surface area contributed by atoms with E-state index in [1.54, 1.807) is 6.08 Å². The molecule has 0 aromatic carbocycles. The van der Waals surface area contributed by atoms with Gasteiger partial charge in [0.1, 0.15) is 24.4 Å². The number of carbonyl (C=O) groups excluding carboxylic acids is 1. The van der Waals surface area contributed by atoms with E-state index in [2.05, 4.69) is 141 Å². The molecule has 7 atom stereocenters. The molecule has 0 aromatic rings. The number of aliphatic hydroxyl groups is 5. The van der Waals surface area contributed by atoms with Gasteiger partial charge in [-0.15, -0.1) is 0 Å². The van der Waals surface area contributed by atoms with Crippen molar-refractivity contribution in [3.05, 3.63) is 134 Å². The zero-order valence-corrected chi connectivity index (χ0v) is 40.2. The van der Waals surface area contributed by atoms with Gasteiger partial charge in [-0.2, -0.15) is 0 Å². The van der Waals surface area contributed by atoms with Crippen LogP contribution >= 0.6 is 0 Å². The summed E-state index contributed by atoms with van der Waals surface area (Å²) >= 11 is 0. The predicted molar refractivity (Wildman–Crippen MR) is 271 cm³/mol. The van der Waals surface area contributed by atoms with Crippen molar-refractivity contribution < 1.29 is 39.8 Å². The van der Waals surface area contributed by atoms with E-state index in [9.17, 15) is 30.3 Å². The predicted octanol–water partition coefficient (Wildman–Crippen LogP) is 11.4. The van der Waals surface area contributed by atoms with Gasteiger partial charge < -0.3 is 40.3 Å². The monoisotopic (exact) mass is 904 g/mol. The van der Waals surface area contributed by atoms with Crippen LogP contribution < -0.4 is 5.32 Å². The minimum atomic E-state index is -1.58. The first-order chi connectivity index (χ1) is 31.8. The highest BCUT2D eigenvalue weighted by atomic mass is 16.7. The molecular formula is C56H89NO8. The smallest absolute Gasteiger partial charge is 0.220 e. The highest BCUT2D eigenvalue weighted by Gasteiger charge is 2.44. The molecule has 1 rings (SSSR count). The summed E-state index contributed by atoms with van der Waals surface area (Å²) < 4.78 is 11.1. The number of carbonyl (C=O) groups is 1. The van der Waals surface area contributed by atoms with Crippen molar-refractivity contribution in [1.29, 1.82) is 0 Å². The molecule has 9 heteroatoms. The van der Waals surface area contributed by atoms with E-state index in [1.807, 2.05) is 6.08 Å². The zero-order valence-electron chi connectivity index (χ0n) is 40.2. The Hall–Kier alpha value is -3.67. The van der Waals surface area contributed by atoms with Crippen LogP contribution in [-0.2, 0) is 14.3 Å². The molecular weight excluding hydrogens is 815 g/mol. The molecule has 0 bridgehead atoms. The maximum absolute atomic E-state index is 12.9. The van der Waals surface area contributed by atoms with E-state index in [1.165, 1.54) is 19.3 Å². The molecule has 6 N–H and O–H groups in total. The average molecular weight is 904 g/mol. The van der Waals surface area contributed by atoms with Gasteiger partial charge in [0, 0.05) is 6.42 Å². The lowest BCUT2D eigenvalue weighted by atomic mass is 9.99. The molecule has 65 heavy (non-hydrogen) atoms. The van der Waals surface area contributed by atoms with Gasteiger partial charge in [0.25, 0.3) is 0 Å². The van der Waals surface area contributed by atoms with E-state index in [-0.39, 0.29) is 12.5 Å². The second-order valence-corrected chi connectivity index (χ2v) is 16.5. The summed E-state index contributed by atoms with van der Waals surface area (Å²) in [5.74, 6) is -0.211. The summed E-state index contributed by atoms with van der Waals surface area (Å²) in [5, 5.41) is 53.9. The normalized spacial score (nSPS) is 21.1. The third-order valence-corrected chi connectivity index (χ3v) is 10.7.